The molecular weight excluding hydrogens is 294 g/mol. The number of benzene rings is 1. The van der Waals surface area contributed by atoms with Crippen molar-refractivity contribution in [3.8, 4) is 11.5 Å². The summed E-state index contributed by atoms with van der Waals surface area (Å²) in [5.74, 6) is 2.20. The van der Waals surface area contributed by atoms with Crippen LogP contribution in [0.15, 0.2) is 42.5 Å². The second-order valence-electron chi connectivity index (χ2n) is 5.27. The molecule has 120 valence electrons. The molecule has 1 amide bonds. The van der Waals surface area contributed by atoms with Crippen LogP contribution in [0.5, 0.6) is 11.5 Å². The summed E-state index contributed by atoms with van der Waals surface area (Å²) in [4.78, 5) is 17.8. The van der Waals surface area contributed by atoms with Crippen LogP contribution in [-0.4, -0.2) is 42.6 Å². The van der Waals surface area contributed by atoms with E-state index in [4.69, 9.17) is 9.47 Å². The first kappa shape index (κ1) is 15.1. The fraction of sp³-hybridized carbons (Fsp3) is 0.294. The van der Waals surface area contributed by atoms with E-state index in [2.05, 4.69) is 10.3 Å². The minimum atomic E-state index is -0.0474. The third-order valence-corrected chi connectivity index (χ3v) is 3.52. The highest BCUT2D eigenvalue weighted by Crippen LogP contribution is 2.23. The van der Waals surface area contributed by atoms with Crippen LogP contribution < -0.4 is 14.8 Å². The smallest absolute Gasteiger partial charge is 0.260 e. The summed E-state index contributed by atoms with van der Waals surface area (Å²) in [6.45, 7) is 1.68. The van der Waals surface area contributed by atoms with Gasteiger partial charge >= 0.3 is 0 Å². The average Bonchev–Trinajstić information content (AvgIpc) is 2.71. The number of carbonyl (C=O) groups is 1. The molecule has 23 heavy (non-hydrogen) atoms. The molecule has 2 heterocycles. The molecule has 6 heteroatoms. The molecule has 1 aliphatic rings. The maximum Gasteiger partial charge on any atom is 0.260 e. The molecule has 0 saturated carbocycles. The molecule has 0 radical (unpaired) electrons. The standard InChI is InChI=1S/C17H19N3O3/c1-20-11-14-15(23-12-17(20)21)7-8-16(19-14)18-9-10-22-13-5-3-2-4-6-13/h2-8H,9-12H2,1H3,(H,18,19). The quantitative estimate of drug-likeness (QED) is 0.855. The van der Waals surface area contributed by atoms with Gasteiger partial charge in [-0.3, -0.25) is 4.79 Å². The number of pyridine rings is 1. The molecule has 3 rings (SSSR count). The molecule has 6 nitrogen and oxygen atoms in total. The second kappa shape index (κ2) is 7.00. The van der Waals surface area contributed by atoms with Crippen LogP contribution in [0, 0.1) is 0 Å². The summed E-state index contributed by atoms with van der Waals surface area (Å²) >= 11 is 0. The average molecular weight is 313 g/mol. The van der Waals surface area contributed by atoms with Gasteiger partial charge in [-0.05, 0) is 24.3 Å². The molecule has 0 spiro atoms. The van der Waals surface area contributed by atoms with E-state index < -0.39 is 0 Å². The van der Waals surface area contributed by atoms with E-state index in [1.807, 2.05) is 42.5 Å². The summed E-state index contributed by atoms with van der Waals surface area (Å²) < 4.78 is 11.1. The van der Waals surface area contributed by atoms with Crippen molar-refractivity contribution in [1.29, 1.82) is 0 Å². The van der Waals surface area contributed by atoms with E-state index in [-0.39, 0.29) is 12.5 Å². The fourth-order valence-corrected chi connectivity index (χ4v) is 2.26. The van der Waals surface area contributed by atoms with Crippen LogP contribution in [0.1, 0.15) is 5.69 Å². The number of anilines is 1. The van der Waals surface area contributed by atoms with Gasteiger partial charge < -0.3 is 19.7 Å². The van der Waals surface area contributed by atoms with E-state index in [0.29, 0.717) is 25.4 Å². The third-order valence-electron chi connectivity index (χ3n) is 3.52. The zero-order valence-corrected chi connectivity index (χ0v) is 13.0. The molecule has 0 fully saturated rings. The predicted octanol–water partition coefficient (Wildman–Crippen LogP) is 1.92. The van der Waals surface area contributed by atoms with Crippen LogP contribution >= 0.6 is 0 Å². The summed E-state index contributed by atoms with van der Waals surface area (Å²) in [5, 5.41) is 3.22. The van der Waals surface area contributed by atoms with Crippen LogP contribution in [0.2, 0.25) is 0 Å². The zero-order chi connectivity index (χ0) is 16.1. The van der Waals surface area contributed by atoms with Gasteiger partial charge in [0.2, 0.25) is 0 Å². The van der Waals surface area contributed by atoms with Gasteiger partial charge in [0.1, 0.15) is 29.6 Å². The number of nitrogens with one attached hydrogen (secondary N) is 1. The van der Waals surface area contributed by atoms with Crippen LogP contribution in [-0.2, 0) is 11.3 Å². The number of carbonyl (C=O) groups excluding carboxylic acids is 1. The number of hydrogen-bond acceptors (Lipinski definition) is 5. The first-order valence-electron chi connectivity index (χ1n) is 7.51. The normalized spacial score (nSPS) is 13.8. The molecule has 0 atom stereocenters. The molecule has 0 aliphatic carbocycles. The van der Waals surface area contributed by atoms with E-state index in [0.717, 1.165) is 17.3 Å². The largest absolute Gasteiger partial charge is 0.492 e. The number of hydrogen-bond donors (Lipinski definition) is 1. The third kappa shape index (κ3) is 3.91. The number of aromatic nitrogens is 1. The van der Waals surface area contributed by atoms with Crippen molar-refractivity contribution >= 4 is 11.7 Å². The van der Waals surface area contributed by atoms with Crippen LogP contribution in [0.4, 0.5) is 5.82 Å². The summed E-state index contributed by atoms with van der Waals surface area (Å²) in [7, 11) is 1.75. The maximum atomic E-state index is 11.7. The van der Waals surface area contributed by atoms with Crippen molar-refractivity contribution in [3.63, 3.8) is 0 Å². The first-order chi connectivity index (χ1) is 11.2. The van der Waals surface area contributed by atoms with Gasteiger partial charge in [0, 0.05) is 7.05 Å². The molecule has 2 aromatic rings. The monoisotopic (exact) mass is 313 g/mol. The second-order valence-corrected chi connectivity index (χ2v) is 5.27. The Morgan fingerprint density at radius 1 is 1.26 bits per heavy atom. The summed E-state index contributed by atoms with van der Waals surface area (Å²) in [6.07, 6.45) is 0. The highest BCUT2D eigenvalue weighted by atomic mass is 16.5. The van der Waals surface area contributed by atoms with E-state index in [1.165, 1.54) is 0 Å². The Kier molecular flexibility index (Phi) is 4.61. The number of amides is 1. The number of fused-ring (bicyclic) bond motifs is 1. The highest BCUT2D eigenvalue weighted by Gasteiger charge is 2.19. The SMILES string of the molecule is CN1Cc2nc(NCCOc3ccccc3)ccc2OCC1=O. The summed E-state index contributed by atoms with van der Waals surface area (Å²) in [6, 6.07) is 13.4. The van der Waals surface area contributed by atoms with Gasteiger partial charge in [-0.1, -0.05) is 18.2 Å². The summed E-state index contributed by atoms with van der Waals surface area (Å²) in [5.41, 5.74) is 0.757. The Labute approximate surface area is 135 Å². The van der Waals surface area contributed by atoms with Crippen molar-refractivity contribution in [2.45, 2.75) is 6.54 Å². The molecule has 1 N–H and O–H groups in total. The molecule has 1 aromatic carbocycles. The highest BCUT2D eigenvalue weighted by molar-refractivity contribution is 5.78. The van der Waals surface area contributed by atoms with Gasteiger partial charge in [-0.25, -0.2) is 4.98 Å². The van der Waals surface area contributed by atoms with Crippen molar-refractivity contribution in [2.24, 2.45) is 0 Å². The van der Waals surface area contributed by atoms with Crippen molar-refractivity contribution < 1.29 is 14.3 Å². The Morgan fingerprint density at radius 2 is 2.09 bits per heavy atom. The molecular formula is C17H19N3O3. The number of nitrogens with zero attached hydrogens (tertiary/aromatic N) is 2. The van der Waals surface area contributed by atoms with Gasteiger partial charge in [0.05, 0.1) is 13.1 Å². The number of likely N-dealkylation sites (N-methyl/N-ethyl adjacent to an activating group) is 1. The first-order valence-corrected chi connectivity index (χ1v) is 7.51. The van der Waals surface area contributed by atoms with E-state index >= 15 is 0 Å². The van der Waals surface area contributed by atoms with E-state index in [9.17, 15) is 4.79 Å². The zero-order valence-electron chi connectivity index (χ0n) is 13.0. The maximum absolute atomic E-state index is 11.7. The molecule has 0 saturated heterocycles. The molecule has 1 aromatic heterocycles. The Balaban J connectivity index is 1.55. The number of rotatable bonds is 5. The lowest BCUT2D eigenvalue weighted by Crippen LogP contribution is -2.28. The topological polar surface area (TPSA) is 63.7 Å². The lowest BCUT2D eigenvalue weighted by atomic mass is 10.3. The lowest BCUT2D eigenvalue weighted by molar-refractivity contribution is -0.131. The minimum absolute atomic E-state index is 0.0474. The van der Waals surface area contributed by atoms with Gasteiger partial charge in [-0.15, -0.1) is 0 Å². The minimum Gasteiger partial charge on any atom is -0.492 e. The Morgan fingerprint density at radius 3 is 2.91 bits per heavy atom. The van der Waals surface area contributed by atoms with Gasteiger partial charge in [-0.2, -0.15) is 0 Å². The number of para-hydroxylation sites is 1. The molecule has 0 bridgehead atoms. The van der Waals surface area contributed by atoms with Gasteiger partial charge in [0.15, 0.2) is 6.61 Å². The van der Waals surface area contributed by atoms with Crippen molar-refractivity contribution in [3.05, 3.63) is 48.2 Å². The number of ether oxygens (including phenoxy) is 2. The predicted molar refractivity (Wildman–Crippen MR) is 86.6 cm³/mol. The van der Waals surface area contributed by atoms with Crippen molar-refractivity contribution in [1.82, 2.24) is 9.88 Å². The van der Waals surface area contributed by atoms with Crippen LogP contribution in [0.3, 0.4) is 0 Å². The lowest BCUT2D eigenvalue weighted by Gasteiger charge is -2.13. The molecule has 0 unspecified atom stereocenters. The molecule has 1 aliphatic heterocycles. The van der Waals surface area contributed by atoms with Gasteiger partial charge in [0.25, 0.3) is 5.91 Å². The van der Waals surface area contributed by atoms with E-state index in [1.54, 1.807) is 11.9 Å². The van der Waals surface area contributed by atoms with Crippen LogP contribution in [0.25, 0.3) is 0 Å². The fourth-order valence-electron chi connectivity index (χ4n) is 2.26. The van der Waals surface area contributed by atoms with Crippen molar-refractivity contribution in [2.75, 3.05) is 32.1 Å². The Hall–Kier alpha value is -2.76. The Bertz CT molecular complexity index is 676.